The normalized spacial score (nSPS) is 10.3. The van der Waals surface area contributed by atoms with Gasteiger partial charge in [0.05, 0.1) is 17.7 Å². The predicted molar refractivity (Wildman–Crippen MR) is 80.3 cm³/mol. The van der Waals surface area contributed by atoms with Crippen LogP contribution in [0.15, 0.2) is 23.6 Å². The first-order valence-electron chi connectivity index (χ1n) is 6.23. The Bertz CT molecular complexity index is 610. The van der Waals surface area contributed by atoms with Gasteiger partial charge in [-0.3, -0.25) is 4.79 Å². The number of hydrogen-bond donors (Lipinski definition) is 2. The number of benzene rings is 1. The minimum Gasteiger partial charge on any atom is -0.496 e. The Morgan fingerprint density at radius 2 is 2.30 bits per heavy atom. The fourth-order valence-corrected chi connectivity index (χ4v) is 2.57. The molecule has 0 spiro atoms. The van der Waals surface area contributed by atoms with Crippen molar-refractivity contribution in [2.24, 2.45) is 0 Å². The van der Waals surface area contributed by atoms with Crippen molar-refractivity contribution < 1.29 is 9.53 Å². The SMILES string of the molecule is COc1cc(N)ccc1C(=O)NCCc1nc(C)cs1. The number of nitrogens with zero attached hydrogens (tertiary/aromatic N) is 1. The zero-order valence-electron chi connectivity index (χ0n) is 11.5. The topological polar surface area (TPSA) is 77.2 Å². The predicted octanol–water partition coefficient (Wildman–Crippen LogP) is 2.01. The number of aryl methyl sites for hydroxylation is 1. The van der Waals surface area contributed by atoms with Gasteiger partial charge in [-0.25, -0.2) is 4.98 Å². The maximum absolute atomic E-state index is 12.1. The van der Waals surface area contributed by atoms with Gasteiger partial charge in [0.2, 0.25) is 0 Å². The van der Waals surface area contributed by atoms with E-state index in [4.69, 9.17) is 10.5 Å². The average Bonchev–Trinajstić information content (AvgIpc) is 2.84. The van der Waals surface area contributed by atoms with Gasteiger partial charge in [-0.05, 0) is 19.1 Å². The van der Waals surface area contributed by atoms with E-state index in [1.54, 1.807) is 29.5 Å². The zero-order valence-corrected chi connectivity index (χ0v) is 12.3. The van der Waals surface area contributed by atoms with Crippen molar-refractivity contribution in [2.75, 3.05) is 19.4 Å². The van der Waals surface area contributed by atoms with Crippen molar-refractivity contribution in [3.63, 3.8) is 0 Å². The Morgan fingerprint density at radius 1 is 1.50 bits per heavy atom. The molecule has 3 N–H and O–H groups in total. The van der Waals surface area contributed by atoms with Crippen LogP contribution >= 0.6 is 11.3 Å². The second kappa shape index (κ2) is 6.38. The number of nitrogen functional groups attached to an aromatic ring is 1. The van der Waals surface area contributed by atoms with Crippen LogP contribution in [0.1, 0.15) is 21.1 Å². The number of methoxy groups -OCH3 is 1. The van der Waals surface area contributed by atoms with Crippen molar-refractivity contribution in [2.45, 2.75) is 13.3 Å². The van der Waals surface area contributed by atoms with Crippen LogP contribution in [0.2, 0.25) is 0 Å². The molecular formula is C14H17N3O2S. The Balaban J connectivity index is 1.95. The van der Waals surface area contributed by atoms with Gasteiger partial charge < -0.3 is 15.8 Å². The highest BCUT2D eigenvalue weighted by atomic mass is 32.1. The number of hydrogen-bond acceptors (Lipinski definition) is 5. The van der Waals surface area contributed by atoms with Crippen LogP contribution in [-0.2, 0) is 6.42 Å². The molecule has 0 saturated carbocycles. The Hall–Kier alpha value is -2.08. The van der Waals surface area contributed by atoms with E-state index in [1.807, 2.05) is 12.3 Å². The number of carbonyl (C=O) groups excluding carboxylic acids is 1. The second-order valence-electron chi connectivity index (χ2n) is 4.35. The molecule has 0 saturated heterocycles. The number of aromatic nitrogens is 1. The van der Waals surface area contributed by atoms with Gasteiger partial charge in [0.1, 0.15) is 5.75 Å². The summed E-state index contributed by atoms with van der Waals surface area (Å²) >= 11 is 1.60. The van der Waals surface area contributed by atoms with Crippen LogP contribution in [0.25, 0.3) is 0 Å². The number of rotatable bonds is 5. The molecule has 0 fully saturated rings. The fraction of sp³-hybridized carbons (Fsp3) is 0.286. The molecule has 1 amide bonds. The Labute approximate surface area is 121 Å². The number of thiazole rings is 1. The maximum atomic E-state index is 12.1. The molecule has 2 rings (SSSR count). The van der Waals surface area contributed by atoms with Gasteiger partial charge in [0.25, 0.3) is 5.91 Å². The van der Waals surface area contributed by atoms with Gasteiger partial charge in [-0.2, -0.15) is 0 Å². The van der Waals surface area contributed by atoms with E-state index in [2.05, 4.69) is 10.3 Å². The standard InChI is InChI=1S/C14H17N3O2S/c1-9-8-20-13(17-9)5-6-16-14(18)11-4-3-10(15)7-12(11)19-2/h3-4,7-8H,5-6,15H2,1-2H3,(H,16,18). The van der Waals surface area contributed by atoms with E-state index in [1.165, 1.54) is 7.11 Å². The van der Waals surface area contributed by atoms with Crippen molar-refractivity contribution in [1.29, 1.82) is 0 Å². The number of ether oxygens (including phenoxy) is 1. The van der Waals surface area contributed by atoms with E-state index in [0.717, 1.165) is 17.1 Å². The van der Waals surface area contributed by atoms with Crippen LogP contribution < -0.4 is 15.8 Å². The van der Waals surface area contributed by atoms with E-state index >= 15 is 0 Å². The third-order valence-corrected chi connectivity index (χ3v) is 3.79. The molecule has 0 aliphatic heterocycles. The highest BCUT2D eigenvalue weighted by Gasteiger charge is 2.12. The third kappa shape index (κ3) is 3.48. The number of anilines is 1. The van der Waals surface area contributed by atoms with Crippen LogP contribution in [0.3, 0.4) is 0 Å². The van der Waals surface area contributed by atoms with Crippen molar-refractivity contribution in [3.05, 3.63) is 39.8 Å². The second-order valence-corrected chi connectivity index (χ2v) is 5.29. The monoisotopic (exact) mass is 291 g/mol. The summed E-state index contributed by atoms with van der Waals surface area (Å²) in [5.41, 5.74) is 7.72. The molecule has 20 heavy (non-hydrogen) atoms. The lowest BCUT2D eigenvalue weighted by Crippen LogP contribution is -2.26. The summed E-state index contributed by atoms with van der Waals surface area (Å²) in [5, 5.41) is 5.88. The highest BCUT2D eigenvalue weighted by molar-refractivity contribution is 7.09. The molecule has 6 heteroatoms. The molecule has 106 valence electrons. The van der Waals surface area contributed by atoms with E-state index in [-0.39, 0.29) is 5.91 Å². The van der Waals surface area contributed by atoms with Gasteiger partial charge in [-0.1, -0.05) is 0 Å². The number of amides is 1. The van der Waals surface area contributed by atoms with Gasteiger partial charge in [0.15, 0.2) is 0 Å². The lowest BCUT2D eigenvalue weighted by Gasteiger charge is -2.09. The summed E-state index contributed by atoms with van der Waals surface area (Å²) in [5.74, 6) is 0.308. The van der Waals surface area contributed by atoms with Crippen LogP contribution in [0.5, 0.6) is 5.75 Å². The van der Waals surface area contributed by atoms with Crippen LogP contribution in [-0.4, -0.2) is 24.5 Å². The average molecular weight is 291 g/mol. The van der Waals surface area contributed by atoms with Crippen molar-refractivity contribution in [3.8, 4) is 5.75 Å². The minimum absolute atomic E-state index is 0.171. The first-order chi connectivity index (χ1) is 9.60. The fourth-order valence-electron chi connectivity index (χ4n) is 1.79. The maximum Gasteiger partial charge on any atom is 0.255 e. The summed E-state index contributed by atoms with van der Waals surface area (Å²) in [6.07, 6.45) is 0.724. The number of nitrogens with two attached hydrogens (primary N) is 1. The van der Waals surface area contributed by atoms with E-state index < -0.39 is 0 Å². The zero-order chi connectivity index (χ0) is 14.5. The Morgan fingerprint density at radius 3 is 2.95 bits per heavy atom. The minimum atomic E-state index is -0.171. The summed E-state index contributed by atoms with van der Waals surface area (Å²) in [7, 11) is 1.52. The molecule has 5 nitrogen and oxygen atoms in total. The summed E-state index contributed by atoms with van der Waals surface area (Å²) in [4.78, 5) is 16.4. The van der Waals surface area contributed by atoms with Gasteiger partial charge >= 0.3 is 0 Å². The van der Waals surface area contributed by atoms with E-state index in [0.29, 0.717) is 23.5 Å². The summed E-state index contributed by atoms with van der Waals surface area (Å²) in [6, 6.07) is 4.98. The first-order valence-corrected chi connectivity index (χ1v) is 7.11. The number of nitrogens with one attached hydrogen (secondary N) is 1. The molecule has 0 unspecified atom stereocenters. The molecular weight excluding hydrogens is 274 g/mol. The molecule has 0 bridgehead atoms. The largest absolute Gasteiger partial charge is 0.496 e. The van der Waals surface area contributed by atoms with Crippen molar-refractivity contribution >= 4 is 22.9 Å². The highest BCUT2D eigenvalue weighted by Crippen LogP contribution is 2.21. The lowest BCUT2D eigenvalue weighted by molar-refractivity contribution is 0.0951. The first kappa shape index (κ1) is 14.3. The molecule has 2 aromatic rings. The van der Waals surface area contributed by atoms with Crippen LogP contribution in [0.4, 0.5) is 5.69 Å². The van der Waals surface area contributed by atoms with Crippen LogP contribution in [0, 0.1) is 6.92 Å². The van der Waals surface area contributed by atoms with E-state index in [9.17, 15) is 4.79 Å². The summed E-state index contributed by atoms with van der Waals surface area (Å²) < 4.78 is 5.16. The molecule has 1 aromatic carbocycles. The third-order valence-electron chi connectivity index (χ3n) is 2.76. The van der Waals surface area contributed by atoms with Gasteiger partial charge in [-0.15, -0.1) is 11.3 Å². The number of carbonyl (C=O) groups is 1. The smallest absolute Gasteiger partial charge is 0.255 e. The van der Waals surface area contributed by atoms with Crippen molar-refractivity contribution in [1.82, 2.24) is 10.3 Å². The molecule has 0 radical (unpaired) electrons. The summed E-state index contributed by atoms with van der Waals surface area (Å²) in [6.45, 7) is 2.50. The lowest BCUT2D eigenvalue weighted by atomic mass is 10.1. The molecule has 0 atom stereocenters. The quantitative estimate of drug-likeness (QED) is 0.826. The molecule has 0 aliphatic rings. The molecule has 0 aliphatic carbocycles. The molecule has 1 aromatic heterocycles. The van der Waals surface area contributed by atoms with Gasteiger partial charge in [0, 0.05) is 35.8 Å². The molecule has 1 heterocycles. The Kier molecular flexibility index (Phi) is 4.57.